The Morgan fingerprint density at radius 1 is 1.06 bits per heavy atom. The van der Waals surface area contributed by atoms with Crippen LogP contribution in [-0.2, 0) is 16.9 Å². The summed E-state index contributed by atoms with van der Waals surface area (Å²) in [5.74, 6) is -1.56. The SMILES string of the molecule is COc1ccc(-c2nc(CN3C(=O)NC(C)(c4ccc(F)c(F)c4)C3=O)cs2)cc1OC. The fraction of sp³-hybridized carbons (Fsp3) is 0.227. The van der Waals surface area contributed by atoms with Gasteiger partial charge in [0.25, 0.3) is 5.91 Å². The summed E-state index contributed by atoms with van der Waals surface area (Å²) in [6, 6.07) is 7.86. The molecule has 0 aliphatic carbocycles. The van der Waals surface area contributed by atoms with Crippen molar-refractivity contribution in [2.45, 2.75) is 19.0 Å². The summed E-state index contributed by atoms with van der Waals surface area (Å²) < 4.78 is 37.6. The summed E-state index contributed by atoms with van der Waals surface area (Å²) in [4.78, 5) is 31.1. The fourth-order valence-corrected chi connectivity index (χ4v) is 4.29. The minimum Gasteiger partial charge on any atom is -0.493 e. The Labute approximate surface area is 186 Å². The number of rotatable bonds is 6. The van der Waals surface area contributed by atoms with Crippen molar-refractivity contribution in [2.24, 2.45) is 0 Å². The van der Waals surface area contributed by atoms with Crippen molar-refractivity contribution in [3.63, 3.8) is 0 Å². The molecule has 166 valence electrons. The number of thiazole rings is 1. The van der Waals surface area contributed by atoms with E-state index in [-0.39, 0.29) is 12.1 Å². The van der Waals surface area contributed by atoms with E-state index in [0.29, 0.717) is 22.2 Å². The van der Waals surface area contributed by atoms with Crippen LogP contribution < -0.4 is 14.8 Å². The van der Waals surface area contributed by atoms with E-state index in [1.165, 1.54) is 31.4 Å². The van der Waals surface area contributed by atoms with Gasteiger partial charge < -0.3 is 14.8 Å². The highest BCUT2D eigenvalue weighted by Gasteiger charge is 2.49. The maximum Gasteiger partial charge on any atom is 0.325 e. The number of nitrogens with zero attached hydrogens (tertiary/aromatic N) is 2. The van der Waals surface area contributed by atoms with Gasteiger partial charge in [0.2, 0.25) is 0 Å². The highest BCUT2D eigenvalue weighted by Crippen LogP contribution is 2.35. The maximum absolute atomic E-state index is 13.7. The molecular weight excluding hydrogens is 440 g/mol. The largest absolute Gasteiger partial charge is 0.493 e. The van der Waals surface area contributed by atoms with Crippen LogP contribution in [-0.4, -0.2) is 36.0 Å². The highest BCUT2D eigenvalue weighted by atomic mass is 32.1. The molecule has 7 nitrogen and oxygen atoms in total. The molecule has 0 saturated carbocycles. The number of carbonyl (C=O) groups excluding carboxylic acids is 2. The van der Waals surface area contributed by atoms with Gasteiger partial charge in [-0.2, -0.15) is 0 Å². The van der Waals surface area contributed by atoms with Crippen molar-refractivity contribution in [3.8, 4) is 22.1 Å². The molecule has 1 saturated heterocycles. The van der Waals surface area contributed by atoms with Gasteiger partial charge in [-0.1, -0.05) is 6.07 Å². The minimum atomic E-state index is -1.51. The second kappa shape index (κ2) is 8.19. The Hall–Kier alpha value is -3.53. The van der Waals surface area contributed by atoms with Crippen LogP contribution in [0.25, 0.3) is 10.6 Å². The lowest BCUT2D eigenvalue weighted by Crippen LogP contribution is -2.41. The number of urea groups is 1. The van der Waals surface area contributed by atoms with Crippen molar-refractivity contribution in [1.82, 2.24) is 15.2 Å². The molecule has 3 aromatic rings. The van der Waals surface area contributed by atoms with E-state index in [2.05, 4.69) is 10.3 Å². The number of amides is 3. The predicted molar refractivity (Wildman–Crippen MR) is 113 cm³/mol. The first-order valence-electron chi connectivity index (χ1n) is 9.53. The summed E-state index contributed by atoms with van der Waals surface area (Å²) in [5.41, 5.74) is -0.0459. The zero-order chi connectivity index (χ0) is 23.0. The molecule has 3 amide bonds. The first-order valence-corrected chi connectivity index (χ1v) is 10.4. The first-order chi connectivity index (χ1) is 15.3. The normalized spacial score (nSPS) is 18.1. The third-order valence-corrected chi connectivity index (χ3v) is 6.21. The van der Waals surface area contributed by atoms with Crippen LogP contribution in [0.4, 0.5) is 13.6 Å². The lowest BCUT2D eigenvalue weighted by Gasteiger charge is -2.22. The van der Waals surface area contributed by atoms with Crippen LogP contribution in [0.1, 0.15) is 18.2 Å². The van der Waals surface area contributed by atoms with Crippen LogP contribution in [0, 0.1) is 11.6 Å². The molecule has 1 atom stereocenters. The lowest BCUT2D eigenvalue weighted by atomic mass is 9.92. The number of hydrogen-bond donors (Lipinski definition) is 1. The molecule has 10 heteroatoms. The Bertz CT molecular complexity index is 1220. The Morgan fingerprint density at radius 3 is 2.50 bits per heavy atom. The number of ether oxygens (including phenoxy) is 2. The second-order valence-electron chi connectivity index (χ2n) is 7.29. The molecule has 32 heavy (non-hydrogen) atoms. The molecule has 0 bridgehead atoms. The Kier molecular flexibility index (Phi) is 5.55. The average molecular weight is 459 g/mol. The van der Waals surface area contributed by atoms with Gasteiger partial charge in [-0.25, -0.2) is 18.6 Å². The van der Waals surface area contributed by atoms with Gasteiger partial charge in [0.15, 0.2) is 23.1 Å². The number of aromatic nitrogens is 1. The molecule has 2 heterocycles. The molecule has 1 N–H and O–H groups in total. The molecule has 1 fully saturated rings. The quantitative estimate of drug-likeness (QED) is 0.562. The number of benzene rings is 2. The maximum atomic E-state index is 13.7. The van der Waals surface area contributed by atoms with Crippen LogP contribution in [0.2, 0.25) is 0 Å². The van der Waals surface area contributed by atoms with Gasteiger partial charge in [-0.3, -0.25) is 9.69 Å². The average Bonchev–Trinajstić information content (AvgIpc) is 3.34. The van der Waals surface area contributed by atoms with E-state index in [9.17, 15) is 18.4 Å². The fourth-order valence-electron chi connectivity index (χ4n) is 3.49. The summed E-state index contributed by atoms with van der Waals surface area (Å²) in [6.45, 7) is 1.39. The summed E-state index contributed by atoms with van der Waals surface area (Å²) in [7, 11) is 3.09. The standard InChI is InChI=1S/C22H19F2N3O4S/c1-22(13-5-6-15(23)16(24)9-13)20(28)27(21(29)26-22)10-14-11-32-19(25-14)12-4-7-17(30-2)18(8-12)31-3/h4-9,11H,10H2,1-3H3,(H,26,29). The van der Waals surface area contributed by atoms with Gasteiger partial charge in [-0.05, 0) is 42.8 Å². The monoisotopic (exact) mass is 459 g/mol. The van der Waals surface area contributed by atoms with Crippen LogP contribution in [0.15, 0.2) is 41.8 Å². The van der Waals surface area contributed by atoms with E-state index in [0.717, 1.165) is 22.6 Å². The van der Waals surface area contributed by atoms with Crippen LogP contribution in [0.5, 0.6) is 11.5 Å². The number of halogens is 2. The number of hydrogen-bond acceptors (Lipinski definition) is 6. The molecule has 2 aromatic carbocycles. The summed E-state index contributed by atoms with van der Waals surface area (Å²) in [6.07, 6.45) is 0. The first kappa shape index (κ1) is 21.7. The smallest absolute Gasteiger partial charge is 0.325 e. The zero-order valence-corrected chi connectivity index (χ0v) is 18.3. The predicted octanol–water partition coefficient (Wildman–Crippen LogP) is 4.07. The van der Waals surface area contributed by atoms with Gasteiger partial charge in [0.05, 0.1) is 26.5 Å². The summed E-state index contributed by atoms with van der Waals surface area (Å²) >= 11 is 1.35. The Balaban J connectivity index is 1.56. The highest BCUT2D eigenvalue weighted by molar-refractivity contribution is 7.13. The molecular formula is C22H19F2N3O4S. The molecule has 1 aliphatic heterocycles. The molecule has 0 spiro atoms. The van der Waals surface area contributed by atoms with Crippen molar-refractivity contribution >= 4 is 23.3 Å². The number of imide groups is 1. The Morgan fingerprint density at radius 2 is 1.81 bits per heavy atom. The van der Waals surface area contributed by atoms with Crippen LogP contribution >= 0.6 is 11.3 Å². The zero-order valence-electron chi connectivity index (χ0n) is 17.4. The van der Waals surface area contributed by atoms with E-state index in [1.807, 2.05) is 6.07 Å². The van der Waals surface area contributed by atoms with E-state index < -0.39 is 29.1 Å². The topological polar surface area (TPSA) is 80.8 Å². The minimum absolute atomic E-state index is 0.0618. The van der Waals surface area contributed by atoms with E-state index in [4.69, 9.17) is 9.47 Å². The van der Waals surface area contributed by atoms with Crippen molar-refractivity contribution in [2.75, 3.05) is 14.2 Å². The third-order valence-electron chi connectivity index (χ3n) is 5.27. The van der Waals surface area contributed by atoms with Gasteiger partial charge in [0.1, 0.15) is 10.5 Å². The van der Waals surface area contributed by atoms with Gasteiger partial charge >= 0.3 is 6.03 Å². The second-order valence-corrected chi connectivity index (χ2v) is 8.15. The van der Waals surface area contributed by atoms with Crippen LogP contribution in [0.3, 0.4) is 0 Å². The lowest BCUT2D eigenvalue weighted by molar-refractivity contribution is -0.131. The number of carbonyl (C=O) groups is 2. The van der Waals surface area contributed by atoms with Gasteiger partial charge in [0, 0.05) is 10.9 Å². The molecule has 1 aliphatic rings. The molecule has 0 radical (unpaired) electrons. The number of methoxy groups -OCH3 is 2. The molecule has 1 unspecified atom stereocenters. The van der Waals surface area contributed by atoms with E-state index in [1.54, 1.807) is 24.6 Å². The van der Waals surface area contributed by atoms with Gasteiger partial charge in [-0.15, -0.1) is 11.3 Å². The third kappa shape index (κ3) is 3.66. The van der Waals surface area contributed by atoms with Crippen molar-refractivity contribution < 1.29 is 27.8 Å². The van der Waals surface area contributed by atoms with Crippen molar-refractivity contribution in [1.29, 1.82) is 0 Å². The van der Waals surface area contributed by atoms with E-state index >= 15 is 0 Å². The number of nitrogens with one attached hydrogen (secondary N) is 1. The molecule has 1 aromatic heterocycles. The molecule has 4 rings (SSSR count). The van der Waals surface area contributed by atoms with Crippen molar-refractivity contribution in [3.05, 3.63) is 64.7 Å². The summed E-state index contributed by atoms with van der Waals surface area (Å²) in [5, 5.41) is 5.00.